The first-order valence-corrected chi connectivity index (χ1v) is 6.46. The van der Waals surface area contributed by atoms with Crippen molar-refractivity contribution in [2.45, 2.75) is 39.8 Å². The second-order valence-corrected chi connectivity index (χ2v) is 5.81. The van der Waals surface area contributed by atoms with Crippen LogP contribution in [0.5, 0.6) is 0 Å². The summed E-state index contributed by atoms with van der Waals surface area (Å²) in [4.78, 5) is 13.4. The van der Waals surface area contributed by atoms with Crippen molar-refractivity contribution >= 4 is 6.09 Å². The van der Waals surface area contributed by atoms with E-state index in [2.05, 4.69) is 12.0 Å². The summed E-state index contributed by atoms with van der Waals surface area (Å²) < 4.78 is 5.42. The summed E-state index contributed by atoms with van der Waals surface area (Å²) in [6.45, 7) is 8.00. The van der Waals surface area contributed by atoms with Crippen molar-refractivity contribution in [1.29, 1.82) is 0 Å². The molecular weight excluding hydrogens is 238 g/mol. The minimum atomic E-state index is -0.363. The highest BCUT2D eigenvalue weighted by molar-refractivity contribution is 5.73. The van der Waals surface area contributed by atoms with E-state index in [1.807, 2.05) is 58.0 Å². The van der Waals surface area contributed by atoms with Gasteiger partial charge in [0.15, 0.2) is 6.10 Å². The van der Waals surface area contributed by atoms with Gasteiger partial charge < -0.3 is 4.74 Å². The van der Waals surface area contributed by atoms with Crippen molar-refractivity contribution in [3.8, 4) is 12.0 Å². The Morgan fingerprint density at radius 3 is 2.42 bits per heavy atom. The summed E-state index contributed by atoms with van der Waals surface area (Å²) in [5.74, 6) is 3.07. The van der Waals surface area contributed by atoms with E-state index in [1.54, 1.807) is 0 Å². The molecule has 0 N–H and O–H groups in total. The standard InChI is InChI=1S/C16H19NO2/c1-12-14(13-8-6-5-7-9-13)19-15(18)17(12)11-10-16(2,3)4/h5-9,12,14H,1-4H3/t12-,14-/m0/s1. The van der Waals surface area contributed by atoms with Gasteiger partial charge in [-0.3, -0.25) is 0 Å². The average Bonchev–Trinajstić information content (AvgIpc) is 2.63. The minimum absolute atomic E-state index is 0.0789. The van der Waals surface area contributed by atoms with Crippen molar-refractivity contribution in [2.75, 3.05) is 0 Å². The van der Waals surface area contributed by atoms with E-state index >= 15 is 0 Å². The molecule has 2 rings (SSSR count). The predicted octanol–water partition coefficient (Wildman–Crippen LogP) is 3.58. The molecule has 3 nitrogen and oxygen atoms in total. The van der Waals surface area contributed by atoms with Crippen LogP contribution in [0.2, 0.25) is 0 Å². The lowest BCUT2D eigenvalue weighted by molar-refractivity contribution is 0.132. The quantitative estimate of drug-likeness (QED) is 0.720. The molecule has 0 bridgehead atoms. The number of hydrogen-bond acceptors (Lipinski definition) is 2. The van der Waals surface area contributed by atoms with E-state index in [4.69, 9.17) is 4.74 Å². The zero-order valence-corrected chi connectivity index (χ0v) is 11.8. The van der Waals surface area contributed by atoms with Crippen molar-refractivity contribution in [2.24, 2.45) is 5.41 Å². The summed E-state index contributed by atoms with van der Waals surface area (Å²) in [5.41, 5.74) is 0.869. The Morgan fingerprint density at radius 2 is 1.84 bits per heavy atom. The largest absolute Gasteiger partial charge is 0.438 e. The number of nitrogens with zero attached hydrogens (tertiary/aromatic N) is 1. The molecule has 19 heavy (non-hydrogen) atoms. The number of ether oxygens (including phenoxy) is 1. The highest BCUT2D eigenvalue weighted by Crippen LogP contribution is 2.31. The van der Waals surface area contributed by atoms with Crippen molar-refractivity contribution in [1.82, 2.24) is 4.90 Å². The van der Waals surface area contributed by atoms with Gasteiger partial charge in [-0.2, -0.15) is 0 Å². The van der Waals surface area contributed by atoms with Gasteiger partial charge in [-0.25, -0.2) is 9.69 Å². The van der Waals surface area contributed by atoms with E-state index in [0.29, 0.717) is 0 Å². The lowest BCUT2D eigenvalue weighted by Crippen LogP contribution is -2.27. The third kappa shape index (κ3) is 3.08. The molecule has 2 atom stereocenters. The Kier molecular flexibility index (Phi) is 3.53. The maximum absolute atomic E-state index is 11.9. The minimum Gasteiger partial charge on any atom is -0.438 e. The third-order valence-corrected chi connectivity index (χ3v) is 2.95. The predicted molar refractivity (Wildman–Crippen MR) is 74.2 cm³/mol. The molecule has 1 saturated heterocycles. The van der Waals surface area contributed by atoms with Gasteiger partial charge in [-0.15, -0.1) is 0 Å². The van der Waals surface area contributed by atoms with E-state index in [0.717, 1.165) is 5.56 Å². The van der Waals surface area contributed by atoms with Gasteiger partial charge in [-0.05, 0) is 33.3 Å². The van der Waals surface area contributed by atoms with Gasteiger partial charge in [0.05, 0.1) is 6.04 Å². The second kappa shape index (κ2) is 4.97. The molecular formula is C16H19NO2. The summed E-state index contributed by atoms with van der Waals surface area (Å²) in [7, 11) is 0. The molecule has 0 spiro atoms. The first-order chi connectivity index (χ1) is 8.88. The van der Waals surface area contributed by atoms with Crippen LogP contribution < -0.4 is 0 Å². The molecule has 0 radical (unpaired) electrons. The van der Waals surface area contributed by atoms with Gasteiger partial charge in [0.25, 0.3) is 0 Å². The molecule has 0 saturated carbocycles. The number of carbonyl (C=O) groups is 1. The molecule has 1 aromatic carbocycles. The maximum atomic E-state index is 11.9. The lowest BCUT2D eigenvalue weighted by Gasteiger charge is -2.16. The molecule has 100 valence electrons. The third-order valence-electron chi connectivity index (χ3n) is 2.95. The Bertz CT molecular complexity index is 519. The molecule has 1 aliphatic heterocycles. The Labute approximate surface area is 114 Å². The topological polar surface area (TPSA) is 29.5 Å². The molecule has 0 aromatic heterocycles. The van der Waals surface area contributed by atoms with Crippen molar-refractivity contribution < 1.29 is 9.53 Å². The fourth-order valence-corrected chi connectivity index (χ4v) is 1.93. The summed E-state index contributed by atoms with van der Waals surface area (Å²) >= 11 is 0. The van der Waals surface area contributed by atoms with Crippen molar-refractivity contribution in [3.05, 3.63) is 35.9 Å². The van der Waals surface area contributed by atoms with Gasteiger partial charge in [0, 0.05) is 11.5 Å². The SMILES string of the molecule is C[C@H]1[C@@H](c2ccccc2)OC(=O)N1C#CC(C)(C)C. The highest BCUT2D eigenvalue weighted by atomic mass is 16.6. The molecule has 0 aliphatic carbocycles. The summed E-state index contributed by atoms with van der Waals surface area (Å²) in [6.07, 6.45) is -0.610. The zero-order valence-electron chi connectivity index (χ0n) is 11.8. The summed E-state index contributed by atoms with van der Waals surface area (Å²) in [6, 6.07) is 12.6. The van der Waals surface area contributed by atoms with E-state index < -0.39 is 0 Å². The van der Waals surface area contributed by atoms with Crippen molar-refractivity contribution in [3.63, 3.8) is 0 Å². The lowest BCUT2D eigenvalue weighted by atomic mass is 9.98. The van der Waals surface area contributed by atoms with Crippen LogP contribution in [0.1, 0.15) is 39.4 Å². The molecule has 3 heteroatoms. The van der Waals surface area contributed by atoms with Gasteiger partial charge in [0.2, 0.25) is 0 Å². The zero-order chi connectivity index (χ0) is 14.0. The molecule has 1 fully saturated rings. The number of amides is 1. The van der Waals surface area contributed by atoms with Crippen LogP contribution in [-0.2, 0) is 4.74 Å². The monoisotopic (exact) mass is 257 g/mol. The first-order valence-electron chi connectivity index (χ1n) is 6.46. The maximum Gasteiger partial charge on any atom is 0.422 e. The van der Waals surface area contributed by atoms with Gasteiger partial charge >= 0.3 is 6.09 Å². The highest BCUT2D eigenvalue weighted by Gasteiger charge is 2.39. The molecule has 0 unspecified atom stereocenters. The fourth-order valence-electron chi connectivity index (χ4n) is 1.93. The van der Waals surface area contributed by atoms with Crippen LogP contribution in [0.4, 0.5) is 4.79 Å². The van der Waals surface area contributed by atoms with Gasteiger partial charge in [-0.1, -0.05) is 36.3 Å². The van der Waals surface area contributed by atoms with Crippen LogP contribution in [0.3, 0.4) is 0 Å². The normalized spacial score (nSPS) is 22.7. The second-order valence-electron chi connectivity index (χ2n) is 5.81. The summed E-state index contributed by atoms with van der Waals surface area (Å²) in [5, 5.41) is 0. The first kappa shape index (κ1) is 13.5. The number of rotatable bonds is 1. The van der Waals surface area contributed by atoms with Crippen LogP contribution in [0.25, 0.3) is 0 Å². The van der Waals surface area contributed by atoms with Crippen LogP contribution in [0, 0.1) is 17.4 Å². The average molecular weight is 257 g/mol. The molecule has 1 heterocycles. The van der Waals surface area contributed by atoms with E-state index in [9.17, 15) is 4.79 Å². The van der Waals surface area contributed by atoms with Gasteiger partial charge in [0.1, 0.15) is 0 Å². The number of carbonyl (C=O) groups excluding carboxylic acids is 1. The number of hydrogen-bond donors (Lipinski definition) is 0. The fraction of sp³-hybridized carbons (Fsp3) is 0.438. The van der Waals surface area contributed by atoms with Crippen LogP contribution in [0.15, 0.2) is 30.3 Å². The van der Waals surface area contributed by atoms with E-state index in [1.165, 1.54) is 4.90 Å². The Morgan fingerprint density at radius 1 is 1.21 bits per heavy atom. The number of cyclic esters (lactones) is 1. The van der Waals surface area contributed by atoms with E-state index in [-0.39, 0.29) is 23.7 Å². The smallest absolute Gasteiger partial charge is 0.422 e. The van der Waals surface area contributed by atoms with Crippen LogP contribution >= 0.6 is 0 Å². The van der Waals surface area contributed by atoms with Crippen LogP contribution in [-0.4, -0.2) is 17.0 Å². The number of benzene rings is 1. The molecule has 1 aliphatic rings. The molecule has 1 amide bonds. The Hall–Kier alpha value is -1.95. The molecule has 1 aromatic rings. The Balaban J connectivity index is 2.21.